The molecule has 0 aromatic heterocycles. The first-order chi connectivity index (χ1) is 15.5. The van der Waals surface area contributed by atoms with Crippen LogP contribution in [0.25, 0.3) is 0 Å². The number of morpholine rings is 1. The molecule has 0 bridgehead atoms. The van der Waals surface area contributed by atoms with Crippen LogP contribution in [-0.2, 0) is 33.8 Å². The summed E-state index contributed by atoms with van der Waals surface area (Å²) in [4.78, 5) is 27.1. The van der Waals surface area contributed by atoms with E-state index in [1.807, 2.05) is 24.3 Å². The summed E-state index contributed by atoms with van der Waals surface area (Å²) >= 11 is 0. The van der Waals surface area contributed by atoms with Gasteiger partial charge in [0.25, 0.3) is 0 Å². The predicted molar refractivity (Wildman–Crippen MR) is 125 cm³/mol. The summed E-state index contributed by atoms with van der Waals surface area (Å²) in [5, 5.41) is 5.94. The first-order valence-corrected chi connectivity index (χ1v) is 11.6. The quantitative estimate of drug-likeness (QED) is 0.698. The number of anilines is 1. The minimum atomic E-state index is -0.152. The second-order valence-corrected chi connectivity index (χ2v) is 9.13. The summed E-state index contributed by atoms with van der Waals surface area (Å²) in [6.45, 7) is 7.56. The van der Waals surface area contributed by atoms with Crippen molar-refractivity contribution in [2.24, 2.45) is 5.92 Å². The van der Waals surface area contributed by atoms with Crippen LogP contribution in [0.1, 0.15) is 43.4 Å². The number of amides is 2. The normalized spacial score (nSPS) is 23.3. The molecular formula is C26H33N3O3. The zero-order chi connectivity index (χ0) is 22.5. The molecule has 32 heavy (non-hydrogen) atoms. The van der Waals surface area contributed by atoms with Gasteiger partial charge in [0.05, 0.1) is 12.2 Å². The van der Waals surface area contributed by atoms with Crippen molar-refractivity contribution in [3.05, 3.63) is 65.2 Å². The first kappa shape index (κ1) is 22.5. The smallest absolute Gasteiger partial charge is 0.227 e. The van der Waals surface area contributed by atoms with Gasteiger partial charge in [0.15, 0.2) is 0 Å². The number of ether oxygens (including phenoxy) is 1. The van der Waals surface area contributed by atoms with Crippen molar-refractivity contribution in [3.8, 4) is 0 Å². The average Bonchev–Trinajstić information content (AvgIpc) is 2.76. The molecule has 170 valence electrons. The largest absolute Gasteiger partial charge is 0.373 e. The van der Waals surface area contributed by atoms with E-state index in [-0.39, 0.29) is 29.9 Å². The van der Waals surface area contributed by atoms with Crippen LogP contribution >= 0.6 is 0 Å². The Bertz CT molecular complexity index is 934. The molecule has 2 heterocycles. The first-order valence-electron chi connectivity index (χ1n) is 11.6. The minimum Gasteiger partial charge on any atom is -0.373 e. The van der Waals surface area contributed by atoms with E-state index in [1.165, 1.54) is 5.56 Å². The highest BCUT2D eigenvalue weighted by Crippen LogP contribution is 2.27. The highest BCUT2D eigenvalue weighted by molar-refractivity contribution is 5.96. The van der Waals surface area contributed by atoms with Crippen molar-refractivity contribution < 1.29 is 14.3 Å². The number of hydrogen-bond acceptors (Lipinski definition) is 4. The molecule has 6 heteroatoms. The third kappa shape index (κ3) is 5.96. The lowest BCUT2D eigenvalue weighted by atomic mass is 9.89. The average molecular weight is 436 g/mol. The number of nitrogens with zero attached hydrogens (tertiary/aromatic N) is 1. The van der Waals surface area contributed by atoms with Crippen molar-refractivity contribution in [1.29, 1.82) is 0 Å². The minimum absolute atomic E-state index is 0.0103. The molecule has 0 saturated carbocycles. The summed E-state index contributed by atoms with van der Waals surface area (Å²) in [5.41, 5.74) is 4.37. The van der Waals surface area contributed by atoms with Gasteiger partial charge in [0, 0.05) is 44.2 Å². The van der Waals surface area contributed by atoms with Gasteiger partial charge in [-0.3, -0.25) is 14.5 Å². The second-order valence-electron chi connectivity index (χ2n) is 9.13. The zero-order valence-corrected chi connectivity index (χ0v) is 19.0. The lowest BCUT2D eigenvalue weighted by Crippen LogP contribution is -2.44. The molecule has 2 amide bonds. The van der Waals surface area contributed by atoms with Crippen LogP contribution in [0.5, 0.6) is 0 Å². The van der Waals surface area contributed by atoms with E-state index >= 15 is 0 Å². The molecule has 2 aliphatic rings. The third-order valence-electron chi connectivity index (χ3n) is 6.25. The van der Waals surface area contributed by atoms with Crippen molar-refractivity contribution in [1.82, 2.24) is 10.2 Å². The van der Waals surface area contributed by atoms with Gasteiger partial charge < -0.3 is 15.4 Å². The number of para-hydroxylation sites is 1. The van der Waals surface area contributed by atoms with E-state index < -0.39 is 0 Å². The van der Waals surface area contributed by atoms with Gasteiger partial charge in [0.2, 0.25) is 11.8 Å². The predicted octanol–water partition coefficient (Wildman–Crippen LogP) is 3.50. The molecule has 1 saturated heterocycles. The Morgan fingerprint density at radius 1 is 1.06 bits per heavy atom. The van der Waals surface area contributed by atoms with Gasteiger partial charge in [-0.05, 0) is 49.4 Å². The maximum atomic E-state index is 12.3. The second kappa shape index (κ2) is 10.3. The molecule has 2 aromatic rings. The molecular weight excluding hydrogens is 402 g/mol. The summed E-state index contributed by atoms with van der Waals surface area (Å²) in [7, 11) is 0. The fourth-order valence-corrected chi connectivity index (χ4v) is 4.67. The number of benzene rings is 2. The number of rotatable bonds is 7. The van der Waals surface area contributed by atoms with E-state index in [9.17, 15) is 9.59 Å². The lowest BCUT2D eigenvalue weighted by molar-refractivity contribution is -0.123. The van der Waals surface area contributed by atoms with Crippen molar-refractivity contribution in [2.75, 3.05) is 18.4 Å². The van der Waals surface area contributed by atoms with E-state index in [1.54, 1.807) is 0 Å². The van der Waals surface area contributed by atoms with Crippen LogP contribution in [0.2, 0.25) is 0 Å². The van der Waals surface area contributed by atoms with E-state index in [4.69, 9.17) is 4.74 Å². The monoisotopic (exact) mass is 435 g/mol. The summed E-state index contributed by atoms with van der Waals surface area (Å²) in [6, 6.07) is 16.3. The topological polar surface area (TPSA) is 70.7 Å². The number of carbonyl (C=O) groups excluding carboxylic acids is 2. The van der Waals surface area contributed by atoms with Crippen molar-refractivity contribution >= 4 is 17.5 Å². The fourth-order valence-electron chi connectivity index (χ4n) is 4.67. The van der Waals surface area contributed by atoms with E-state index in [0.29, 0.717) is 25.8 Å². The lowest BCUT2D eigenvalue weighted by Gasteiger charge is -2.35. The number of fused-ring (bicyclic) bond motifs is 1. The molecule has 6 nitrogen and oxygen atoms in total. The highest BCUT2D eigenvalue weighted by Gasteiger charge is 2.26. The van der Waals surface area contributed by atoms with Crippen LogP contribution in [0.3, 0.4) is 0 Å². The zero-order valence-electron chi connectivity index (χ0n) is 19.0. The molecule has 0 spiro atoms. The Hall–Kier alpha value is -2.70. The molecule has 0 aliphatic carbocycles. The number of hydrogen-bond donors (Lipinski definition) is 2. The summed E-state index contributed by atoms with van der Waals surface area (Å²) < 4.78 is 5.80. The van der Waals surface area contributed by atoms with Gasteiger partial charge in [0.1, 0.15) is 0 Å². The maximum Gasteiger partial charge on any atom is 0.227 e. The Morgan fingerprint density at radius 2 is 1.75 bits per heavy atom. The van der Waals surface area contributed by atoms with Gasteiger partial charge >= 0.3 is 0 Å². The maximum absolute atomic E-state index is 12.3. The van der Waals surface area contributed by atoms with Gasteiger partial charge in [-0.25, -0.2) is 0 Å². The Kier molecular flexibility index (Phi) is 7.22. The molecule has 3 atom stereocenters. The highest BCUT2D eigenvalue weighted by atomic mass is 16.5. The molecule has 2 N–H and O–H groups in total. The molecule has 2 aromatic carbocycles. The third-order valence-corrected chi connectivity index (χ3v) is 6.25. The van der Waals surface area contributed by atoms with E-state index in [2.05, 4.69) is 53.6 Å². The fraction of sp³-hybridized carbons (Fsp3) is 0.462. The van der Waals surface area contributed by atoms with Crippen molar-refractivity contribution in [2.45, 2.75) is 58.4 Å². The van der Waals surface area contributed by atoms with Crippen LogP contribution < -0.4 is 10.6 Å². The molecule has 2 aliphatic heterocycles. The molecule has 1 fully saturated rings. The van der Waals surface area contributed by atoms with Gasteiger partial charge in [-0.15, -0.1) is 0 Å². The molecule has 0 radical (unpaired) electrons. The SMILES string of the molecule is CC1CN(Cc2ccc(CNC(=O)CCC3Cc4ccccc4NC3=O)cc2)CC(C)O1. The summed E-state index contributed by atoms with van der Waals surface area (Å²) in [6.07, 6.45) is 2.13. The number of nitrogens with one attached hydrogen (secondary N) is 2. The van der Waals surface area contributed by atoms with E-state index in [0.717, 1.165) is 36.4 Å². The summed E-state index contributed by atoms with van der Waals surface area (Å²) in [5.74, 6) is -0.159. The van der Waals surface area contributed by atoms with Crippen LogP contribution in [0, 0.1) is 5.92 Å². The molecule has 4 rings (SSSR count). The van der Waals surface area contributed by atoms with Gasteiger partial charge in [-0.2, -0.15) is 0 Å². The van der Waals surface area contributed by atoms with Crippen molar-refractivity contribution in [3.63, 3.8) is 0 Å². The van der Waals surface area contributed by atoms with Gasteiger partial charge in [-0.1, -0.05) is 42.5 Å². The molecule has 3 unspecified atom stereocenters. The van der Waals surface area contributed by atoms with Crippen LogP contribution in [0.4, 0.5) is 5.69 Å². The Labute approximate surface area is 190 Å². The number of carbonyl (C=O) groups is 2. The standard InChI is InChI=1S/C26H33N3O3/c1-18-15-29(16-19(2)32-18)17-21-9-7-20(8-10-21)14-27-25(30)12-11-23-13-22-5-3-4-6-24(22)28-26(23)31/h3-10,18-19,23H,11-17H2,1-2H3,(H,27,30)(H,28,31). The van der Waals surface area contributed by atoms with Crippen LogP contribution in [0.15, 0.2) is 48.5 Å². The Balaban J connectivity index is 1.20. The Morgan fingerprint density at radius 3 is 2.50 bits per heavy atom. The van der Waals surface area contributed by atoms with Crippen LogP contribution in [-0.4, -0.2) is 42.0 Å².